The van der Waals surface area contributed by atoms with Crippen molar-refractivity contribution >= 4 is 5.97 Å². The number of carboxylic acids is 1. The van der Waals surface area contributed by atoms with Crippen molar-refractivity contribution in [2.24, 2.45) is 23.0 Å². The number of hydrogen-bond acceptors (Lipinski definition) is 2. The van der Waals surface area contributed by atoms with Crippen molar-refractivity contribution in [2.45, 2.75) is 51.5 Å². The fourth-order valence-electron chi connectivity index (χ4n) is 3.83. The van der Waals surface area contributed by atoms with Gasteiger partial charge < -0.3 is 10.8 Å². The SMILES string of the molecule is CC1CCCC2(C1)C(N)CCC2C(=O)O. The fourth-order valence-corrected chi connectivity index (χ4v) is 3.83. The Kier molecular flexibility index (Phi) is 2.75. The number of nitrogens with two attached hydrogens (primary N) is 1. The van der Waals surface area contributed by atoms with E-state index in [1.165, 1.54) is 6.42 Å². The maximum absolute atomic E-state index is 11.3. The molecule has 4 unspecified atom stereocenters. The summed E-state index contributed by atoms with van der Waals surface area (Å²) < 4.78 is 0. The number of carboxylic acid groups (broad SMARTS) is 1. The second-order valence-electron chi connectivity index (χ2n) is 5.51. The lowest BCUT2D eigenvalue weighted by Crippen LogP contribution is -2.46. The quantitative estimate of drug-likeness (QED) is 0.697. The van der Waals surface area contributed by atoms with Crippen LogP contribution in [0.3, 0.4) is 0 Å². The van der Waals surface area contributed by atoms with Gasteiger partial charge in [-0.2, -0.15) is 0 Å². The summed E-state index contributed by atoms with van der Waals surface area (Å²) in [7, 11) is 0. The van der Waals surface area contributed by atoms with Crippen LogP contribution in [0.4, 0.5) is 0 Å². The van der Waals surface area contributed by atoms with E-state index in [1.807, 2.05) is 0 Å². The Morgan fingerprint density at radius 1 is 1.40 bits per heavy atom. The monoisotopic (exact) mass is 211 g/mol. The van der Waals surface area contributed by atoms with Gasteiger partial charge in [-0.3, -0.25) is 4.79 Å². The van der Waals surface area contributed by atoms with E-state index in [1.54, 1.807) is 0 Å². The Labute approximate surface area is 91.0 Å². The Morgan fingerprint density at radius 2 is 2.13 bits per heavy atom. The van der Waals surface area contributed by atoms with Crippen molar-refractivity contribution in [2.75, 3.05) is 0 Å². The van der Waals surface area contributed by atoms with Crippen molar-refractivity contribution in [1.82, 2.24) is 0 Å². The summed E-state index contributed by atoms with van der Waals surface area (Å²) in [5, 5.41) is 9.28. The molecule has 1 spiro atoms. The molecule has 2 fully saturated rings. The summed E-state index contributed by atoms with van der Waals surface area (Å²) in [6.45, 7) is 2.23. The lowest BCUT2D eigenvalue weighted by Gasteiger charge is -2.43. The van der Waals surface area contributed by atoms with Crippen LogP contribution in [-0.4, -0.2) is 17.1 Å². The standard InChI is InChI=1S/C12H21NO2/c1-8-3-2-6-12(7-8)9(11(14)15)4-5-10(12)13/h8-10H,2-7,13H2,1H3,(H,14,15). The van der Waals surface area contributed by atoms with Gasteiger partial charge in [0, 0.05) is 6.04 Å². The molecule has 0 aliphatic heterocycles. The van der Waals surface area contributed by atoms with Crippen LogP contribution in [0.15, 0.2) is 0 Å². The molecule has 4 atom stereocenters. The smallest absolute Gasteiger partial charge is 0.307 e. The van der Waals surface area contributed by atoms with Gasteiger partial charge in [-0.15, -0.1) is 0 Å². The molecule has 2 aliphatic rings. The topological polar surface area (TPSA) is 63.3 Å². The molecule has 2 rings (SSSR count). The van der Waals surface area contributed by atoms with E-state index in [0.717, 1.165) is 32.1 Å². The van der Waals surface area contributed by atoms with Crippen LogP contribution in [0.2, 0.25) is 0 Å². The molecular weight excluding hydrogens is 190 g/mol. The van der Waals surface area contributed by atoms with Gasteiger partial charge in [-0.05, 0) is 37.0 Å². The summed E-state index contributed by atoms with van der Waals surface area (Å²) in [6.07, 6.45) is 6.10. The number of rotatable bonds is 1. The molecular formula is C12H21NO2. The first-order valence-corrected chi connectivity index (χ1v) is 6.04. The predicted molar refractivity (Wildman–Crippen MR) is 58.4 cm³/mol. The minimum absolute atomic E-state index is 0.0799. The molecule has 0 aromatic heterocycles. The minimum atomic E-state index is -0.628. The zero-order chi connectivity index (χ0) is 11.1. The lowest BCUT2D eigenvalue weighted by atomic mass is 9.63. The molecule has 0 radical (unpaired) electrons. The van der Waals surface area contributed by atoms with E-state index < -0.39 is 5.97 Å². The summed E-state index contributed by atoms with van der Waals surface area (Å²) in [5.74, 6) is -0.169. The van der Waals surface area contributed by atoms with Gasteiger partial charge in [-0.25, -0.2) is 0 Å². The van der Waals surface area contributed by atoms with Gasteiger partial charge in [-0.1, -0.05) is 19.8 Å². The highest BCUT2D eigenvalue weighted by atomic mass is 16.4. The van der Waals surface area contributed by atoms with Gasteiger partial charge in [0.1, 0.15) is 0 Å². The van der Waals surface area contributed by atoms with E-state index in [4.69, 9.17) is 5.73 Å². The van der Waals surface area contributed by atoms with E-state index in [-0.39, 0.29) is 17.4 Å². The summed E-state index contributed by atoms with van der Waals surface area (Å²) in [6, 6.07) is 0.112. The third kappa shape index (κ3) is 1.67. The maximum atomic E-state index is 11.3. The Balaban J connectivity index is 2.24. The average Bonchev–Trinajstić information content (AvgIpc) is 2.44. The molecule has 2 aliphatic carbocycles. The molecule has 0 heterocycles. The first-order chi connectivity index (χ1) is 7.06. The molecule has 0 amide bonds. The molecule has 0 aromatic carbocycles. The maximum Gasteiger partial charge on any atom is 0.307 e. The second kappa shape index (κ2) is 3.78. The fraction of sp³-hybridized carbons (Fsp3) is 0.917. The lowest BCUT2D eigenvalue weighted by molar-refractivity contribution is -0.147. The average molecular weight is 211 g/mol. The molecule has 3 N–H and O–H groups in total. The normalized spacial score (nSPS) is 45.9. The highest BCUT2D eigenvalue weighted by molar-refractivity contribution is 5.72. The minimum Gasteiger partial charge on any atom is -0.481 e. The largest absolute Gasteiger partial charge is 0.481 e. The van der Waals surface area contributed by atoms with E-state index in [2.05, 4.69) is 6.92 Å². The van der Waals surface area contributed by atoms with Crippen LogP contribution < -0.4 is 5.73 Å². The summed E-state index contributed by atoms with van der Waals surface area (Å²) in [4.78, 5) is 11.3. The third-order valence-electron chi connectivity index (χ3n) is 4.56. The van der Waals surface area contributed by atoms with Crippen molar-refractivity contribution in [3.05, 3.63) is 0 Å². The van der Waals surface area contributed by atoms with Crippen molar-refractivity contribution in [3.63, 3.8) is 0 Å². The second-order valence-corrected chi connectivity index (χ2v) is 5.51. The summed E-state index contributed by atoms with van der Waals surface area (Å²) >= 11 is 0. The van der Waals surface area contributed by atoms with Crippen molar-refractivity contribution < 1.29 is 9.90 Å². The Hall–Kier alpha value is -0.570. The highest BCUT2D eigenvalue weighted by Crippen LogP contribution is 2.53. The van der Waals surface area contributed by atoms with Crippen molar-refractivity contribution in [3.8, 4) is 0 Å². The van der Waals surface area contributed by atoms with E-state index >= 15 is 0 Å². The molecule has 86 valence electrons. The molecule has 0 saturated heterocycles. The van der Waals surface area contributed by atoms with Crippen LogP contribution in [-0.2, 0) is 4.79 Å². The molecule has 0 bridgehead atoms. The van der Waals surface area contributed by atoms with Gasteiger partial charge in [0.05, 0.1) is 5.92 Å². The first kappa shape index (κ1) is 10.9. The van der Waals surface area contributed by atoms with Gasteiger partial charge in [0.2, 0.25) is 0 Å². The van der Waals surface area contributed by atoms with Crippen molar-refractivity contribution in [1.29, 1.82) is 0 Å². The van der Waals surface area contributed by atoms with Crippen LogP contribution >= 0.6 is 0 Å². The molecule has 3 nitrogen and oxygen atoms in total. The zero-order valence-corrected chi connectivity index (χ0v) is 9.41. The van der Waals surface area contributed by atoms with Gasteiger partial charge >= 0.3 is 5.97 Å². The van der Waals surface area contributed by atoms with Crippen LogP contribution in [0.25, 0.3) is 0 Å². The molecule has 2 saturated carbocycles. The highest BCUT2D eigenvalue weighted by Gasteiger charge is 2.52. The van der Waals surface area contributed by atoms with Crippen LogP contribution in [0.5, 0.6) is 0 Å². The van der Waals surface area contributed by atoms with Gasteiger partial charge in [0.25, 0.3) is 0 Å². The molecule has 15 heavy (non-hydrogen) atoms. The predicted octanol–water partition coefficient (Wildman–Crippen LogP) is 2.00. The van der Waals surface area contributed by atoms with Crippen LogP contribution in [0, 0.1) is 17.3 Å². The third-order valence-corrected chi connectivity index (χ3v) is 4.56. The molecule has 0 aromatic rings. The summed E-state index contributed by atoms with van der Waals surface area (Å²) in [5.41, 5.74) is 6.09. The van der Waals surface area contributed by atoms with Crippen LogP contribution in [0.1, 0.15) is 45.4 Å². The zero-order valence-electron chi connectivity index (χ0n) is 9.41. The van der Waals surface area contributed by atoms with Gasteiger partial charge in [0.15, 0.2) is 0 Å². The van der Waals surface area contributed by atoms with E-state index in [9.17, 15) is 9.90 Å². The van der Waals surface area contributed by atoms with E-state index in [0.29, 0.717) is 5.92 Å². The number of hydrogen-bond donors (Lipinski definition) is 2. The number of carbonyl (C=O) groups is 1. The first-order valence-electron chi connectivity index (χ1n) is 6.04. The molecule has 3 heteroatoms. The Bertz CT molecular complexity index is 266. The number of aliphatic carboxylic acids is 1. The Morgan fingerprint density at radius 3 is 2.73 bits per heavy atom.